The summed E-state index contributed by atoms with van der Waals surface area (Å²) in [6, 6.07) is 0. The number of hydrogen-bond donors (Lipinski definition) is 5. The number of aliphatic hydroxyl groups excluding tert-OH is 1. The van der Waals surface area contributed by atoms with E-state index in [1.165, 1.54) is 10.9 Å². The molecular formula is C10H14N5O10PS. The fourth-order valence-electron chi connectivity index (χ4n) is 2.58. The zero-order valence-electron chi connectivity index (χ0n) is 13.1. The number of ether oxygens (including phenoxy) is 1. The van der Waals surface area contributed by atoms with Gasteiger partial charge >= 0.3 is 18.2 Å². The van der Waals surface area contributed by atoms with Crippen LogP contribution in [0, 0.1) is 0 Å². The van der Waals surface area contributed by atoms with Crippen LogP contribution in [0.4, 0.5) is 5.82 Å². The van der Waals surface area contributed by atoms with E-state index >= 15 is 0 Å². The molecule has 0 unspecified atom stereocenters. The number of anilines is 1. The highest BCUT2D eigenvalue weighted by Crippen LogP contribution is 2.44. The molecule has 15 nitrogen and oxygen atoms in total. The van der Waals surface area contributed by atoms with E-state index in [9.17, 15) is 18.1 Å². The minimum atomic E-state index is -5.09. The molecule has 0 aliphatic carbocycles. The summed E-state index contributed by atoms with van der Waals surface area (Å²) in [6.45, 7) is -0.888. The van der Waals surface area contributed by atoms with E-state index in [-0.39, 0.29) is 17.0 Å². The normalized spacial score (nSPS) is 26.7. The zero-order chi connectivity index (χ0) is 20.0. The average molecular weight is 427 g/mol. The van der Waals surface area contributed by atoms with Gasteiger partial charge in [-0.25, -0.2) is 23.7 Å². The summed E-state index contributed by atoms with van der Waals surface area (Å²) in [7, 11) is -9.97. The highest BCUT2D eigenvalue weighted by molar-refractivity contribution is 7.80. The predicted octanol–water partition coefficient (Wildman–Crippen LogP) is -2.04. The van der Waals surface area contributed by atoms with E-state index in [1.807, 2.05) is 0 Å². The first-order valence-corrected chi connectivity index (χ1v) is 9.98. The number of aliphatic hydroxyl groups is 1. The number of nitrogens with zero attached hydrogens (tertiary/aromatic N) is 4. The second-order valence-electron chi connectivity index (χ2n) is 5.41. The molecule has 2 aromatic heterocycles. The van der Waals surface area contributed by atoms with Gasteiger partial charge in [-0.2, -0.15) is 8.42 Å². The van der Waals surface area contributed by atoms with Crippen LogP contribution in [0.1, 0.15) is 6.23 Å². The Morgan fingerprint density at radius 1 is 1.33 bits per heavy atom. The van der Waals surface area contributed by atoms with Crippen LogP contribution in [0.25, 0.3) is 11.2 Å². The first-order valence-electron chi connectivity index (χ1n) is 7.08. The minimum absolute atomic E-state index is 0.0421. The van der Waals surface area contributed by atoms with Crippen LogP contribution >= 0.6 is 7.82 Å². The number of nitrogens with two attached hydrogens (primary N) is 1. The van der Waals surface area contributed by atoms with Gasteiger partial charge in [0.15, 0.2) is 17.7 Å². The third-order valence-electron chi connectivity index (χ3n) is 3.61. The van der Waals surface area contributed by atoms with Crippen LogP contribution in [0.15, 0.2) is 12.7 Å². The van der Waals surface area contributed by atoms with Crippen molar-refractivity contribution in [2.75, 3.05) is 12.3 Å². The van der Waals surface area contributed by atoms with Gasteiger partial charge in [-0.3, -0.25) is 13.6 Å². The van der Waals surface area contributed by atoms with Gasteiger partial charge in [0, 0.05) is 0 Å². The van der Waals surface area contributed by atoms with Gasteiger partial charge in [0.2, 0.25) is 0 Å². The maximum atomic E-state index is 11.2. The number of imidazole rings is 1. The Hall–Kier alpha value is -1.75. The molecule has 27 heavy (non-hydrogen) atoms. The fourth-order valence-corrected chi connectivity index (χ4v) is 3.47. The highest BCUT2D eigenvalue weighted by atomic mass is 32.3. The highest BCUT2D eigenvalue weighted by Gasteiger charge is 2.49. The lowest BCUT2D eigenvalue weighted by Crippen LogP contribution is -2.36. The van der Waals surface area contributed by atoms with Gasteiger partial charge in [-0.05, 0) is 0 Å². The van der Waals surface area contributed by atoms with Gasteiger partial charge in [0.05, 0.1) is 12.9 Å². The van der Waals surface area contributed by atoms with Gasteiger partial charge in [0.1, 0.15) is 30.2 Å². The topological polar surface area (TPSA) is 229 Å². The van der Waals surface area contributed by atoms with Gasteiger partial charge < -0.3 is 25.4 Å². The smallest absolute Gasteiger partial charge is 0.386 e. The van der Waals surface area contributed by atoms with Crippen molar-refractivity contribution < 1.29 is 45.9 Å². The van der Waals surface area contributed by atoms with Crippen LogP contribution < -0.4 is 5.73 Å². The van der Waals surface area contributed by atoms with E-state index in [2.05, 4.69) is 23.7 Å². The monoisotopic (exact) mass is 427 g/mol. The van der Waals surface area contributed by atoms with Crippen molar-refractivity contribution in [1.82, 2.24) is 19.5 Å². The second-order valence-corrected chi connectivity index (χ2v) is 7.69. The summed E-state index contributed by atoms with van der Waals surface area (Å²) in [5, 5.41) is 10.4. The number of rotatable bonds is 6. The van der Waals surface area contributed by atoms with Crippen LogP contribution in [-0.4, -0.2) is 72.3 Å². The lowest BCUT2D eigenvalue weighted by Gasteiger charge is -2.20. The van der Waals surface area contributed by atoms with Gasteiger partial charge in [0.25, 0.3) is 0 Å². The molecule has 3 rings (SSSR count). The first-order chi connectivity index (χ1) is 12.5. The lowest BCUT2D eigenvalue weighted by atomic mass is 10.1. The number of phosphoric ester groups is 1. The molecule has 0 bridgehead atoms. The van der Waals surface area contributed by atoms with Crippen molar-refractivity contribution >= 4 is 35.2 Å². The van der Waals surface area contributed by atoms with Crippen molar-refractivity contribution in [2.24, 2.45) is 0 Å². The molecule has 150 valence electrons. The average Bonchev–Trinajstić information content (AvgIpc) is 3.07. The molecule has 0 amide bonds. The van der Waals surface area contributed by atoms with Crippen molar-refractivity contribution in [3.63, 3.8) is 0 Å². The minimum Gasteiger partial charge on any atom is -0.386 e. The summed E-state index contributed by atoms with van der Waals surface area (Å²) in [4.78, 5) is 29.7. The number of fused-ring (bicyclic) bond motifs is 1. The molecule has 2 aromatic rings. The van der Waals surface area contributed by atoms with Crippen LogP contribution in [0.2, 0.25) is 0 Å². The molecule has 0 aromatic carbocycles. The Balaban J connectivity index is 1.94. The molecule has 17 heteroatoms. The van der Waals surface area contributed by atoms with E-state index in [0.29, 0.717) is 0 Å². The number of aromatic nitrogens is 4. The third kappa shape index (κ3) is 4.40. The summed E-state index contributed by atoms with van der Waals surface area (Å²) >= 11 is 0. The van der Waals surface area contributed by atoms with E-state index in [4.69, 9.17) is 24.8 Å². The summed E-state index contributed by atoms with van der Waals surface area (Å²) in [5.74, 6) is 0.0421. The third-order valence-corrected chi connectivity index (χ3v) is 4.56. The largest absolute Gasteiger partial charge is 0.470 e. The molecule has 3 heterocycles. The predicted molar refractivity (Wildman–Crippen MR) is 84.1 cm³/mol. The number of nitrogen functional groups attached to an aromatic ring is 1. The second kappa shape index (κ2) is 7.01. The van der Waals surface area contributed by atoms with Crippen LogP contribution in [0.3, 0.4) is 0 Å². The standard InChI is InChI=1S/C10H14N5O10PS/c11-8-5-9(13-2-12-8)15(3-14-5)10-6(16)7(25-26(17,18)19)4(24-10)1-23-27(20,21)22/h2-4,6-7,10,16H,1H2,(H2,11,12,13)(H2,17,18,19)(H,20,21,22)/t4-,6-,7-,10-/m1/s1. The SMILES string of the molecule is Nc1ncnc2c1ncn2[C@@H]1O[C@H](COS(=O)(=O)O)[C@@H](OP(=O)(O)O)[C@H]1O. The Morgan fingerprint density at radius 2 is 2.04 bits per heavy atom. The van der Waals surface area contributed by atoms with E-state index < -0.39 is 49.4 Å². The molecule has 0 spiro atoms. The zero-order valence-corrected chi connectivity index (χ0v) is 14.8. The van der Waals surface area contributed by atoms with Gasteiger partial charge in [-0.15, -0.1) is 0 Å². The molecule has 4 atom stereocenters. The first kappa shape index (κ1) is 20.0. The molecule has 0 radical (unpaired) electrons. The Morgan fingerprint density at radius 3 is 2.67 bits per heavy atom. The van der Waals surface area contributed by atoms with Crippen molar-refractivity contribution in [3.8, 4) is 0 Å². The molecule has 1 aliphatic rings. The summed E-state index contributed by atoms with van der Waals surface area (Å²) in [5.41, 5.74) is 5.98. The molecular weight excluding hydrogens is 413 g/mol. The maximum absolute atomic E-state index is 11.2. The molecule has 1 aliphatic heterocycles. The molecule has 6 N–H and O–H groups in total. The van der Waals surface area contributed by atoms with E-state index in [1.54, 1.807) is 0 Å². The molecule has 1 fully saturated rings. The lowest BCUT2D eigenvalue weighted by molar-refractivity contribution is -0.0476. The van der Waals surface area contributed by atoms with E-state index in [0.717, 1.165) is 6.33 Å². The Labute approximate surface area is 150 Å². The Kier molecular flexibility index (Phi) is 5.19. The molecule has 1 saturated heterocycles. The quantitative estimate of drug-likeness (QED) is 0.247. The van der Waals surface area contributed by atoms with Crippen LogP contribution in [-0.2, 0) is 28.4 Å². The van der Waals surface area contributed by atoms with Crippen molar-refractivity contribution in [2.45, 2.75) is 24.5 Å². The fraction of sp³-hybridized carbons (Fsp3) is 0.500. The summed E-state index contributed by atoms with van der Waals surface area (Å²) < 4.78 is 56.6. The van der Waals surface area contributed by atoms with Crippen molar-refractivity contribution in [1.29, 1.82) is 0 Å². The maximum Gasteiger partial charge on any atom is 0.470 e. The summed E-state index contributed by atoms with van der Waals surface area (Å²) in [6.07, 6.45) is -3.90. The molecule has 0 saturated carbocycles. The Bertz CT molecular complexity index is 991. The van der Waals surface area contributed by atoms with Crippen LogP contribution in [0.5, 0.6) is 0 Å². The number of phosphoric acid groups is 1. The van der Waals surface area contributed by atoms with Gasteiger partial charge in [-0.1, -0.05) is 0 Å². The number of hydrogen-bond acceptors (Lipinski definition) is 11. The van der Waals surface area contributed by atoms with Crippen molar-refractivity contribution in [3.05, 3.63) is 12.7 Å².